The quantitative estimate of drug-likeness (QED) is 0.533. The van der Waals surface area contributed by atoms with Crippen LogP contribution in [0.25, 0.3) is 0 Å². The van der Waals surface area contributed by atoms with E-state index in [-0.39, 0.29) is 0 Å². The summed E-state index contributed by atoms with van der Waals surface area (Å²) in [5.41, 5.74) is 0. The molecule has 1 heterocycles. The number of nitrogens with zero attached hydrogens (tertiary/aromatic N) is 1. The molecule has 0 aromatic carbocycles. The van der Waals surface area contributed by atoms with Crippen LogP contribution in [0.3, 0.4) is 0 Å². The monoisotopic (exact) mass is 249 g/mol. The second kappa shape index (κ2) is 5.63. The molecule has 0 amide bonds. The molecule has 0 spiro atoms. The number of unbranched alkanes of at least 4 members (excludes halogenated alkanes) is 1. The molecule has 1 fully saturated rings. The highest BCUT2D eigenvalue weighted by Crippen LogP contribution is 2.21. The molecular formula is C10H19NO4S. The van der Waals surface area contributed by atoms with Crippen LogP contribution in [0.4, 0.5) is 0 Å². The van der Waals surface area contributed by atoms with Crippen molar-refractivity contribution in [3.63, 3.8) is 0 Å². The van der Waals surface area contributed by atoms with Gasteiger partial charge in [-0.3, -0.25) is 4.79 Å². The minimum absolute atomic E-state index is 0.378. The number of esters is 1. The Morgan fingerprint density at radius 3 is 2.75 bits per heavy atom. The number of rotatable bonds is 5. The fourth-order valence-corrected chi connectivity index (χ4v) is 2.90. The average Bonchev–Trinajstić information content (AvgIpc) is 2.65. The SMILES string of the molecule is CCCCOC(=O)C1CCCN1S(C)(=O)=O. The van der Waals surface area contributed by atoms with Gasteiger partial charge in [-0.25, -0.2) is 8.42 Å². The van der Waals surface area contributed by atoms with Crippen LogP contribution in [0.2, 0.25) is 0 Å². The van der Waals surface area contributed by atoms with Crippen molar-refractivity contribution >= 4 is 16.0 Å². The fraction of sp³-hybridized carbons (Fsp3) is 0.900. The minimum Gasteiger partial charge on any atom is -0.464 e. The molecule has 0 aromatic rings. The summed E-state index contributed by atoms with van der Waals surface area (Å²) in [6.07, 6.45) is 4.19. The second-order valence-electron chi connectivity index (χ2n) is 4.05. The number of sulfonamides is 1. The van der Waals surface area contributed by atoms with E-state index in [4.69, 9.17) is 4.74 Å². The Hall–Kier alpha value is -0.620. The van der Waals surface area contributed by atoms with Crippen molar-refractivity contribution in [2.24, 2.45) is 0 Å². The maximum Gasteiger partial charge on any atom is 0.324 e. The van der Waals surface area contributed by atoms with Crippen molar-refractivity contribution in [1.29, 1.82) is 0 Å². The lowest BCUT2D eigenvalue weighted by molar-refractivity contribution is -0.147. The van der Waals surface area contributed by atoms with Crippen molar-refractivity contribution in [2.45, 2.75) is 38.6 Å². The van der Waals surface area contributed by atoms with Crippen LogP contribution in [0.1, 0.15) is 32.6 Å². The molecule has 1 aliphatic rings. The van der Waals surface area contributed by atoms with Gasteiger partial charge in [-0.2, -0.15) is 4.31 Å². The van der Waals surface area contributed by atoms with Crippen LogP contribution in [-0.4, -0.2) is 44.1 Å². The van der Waals surface area contributed by atoms with Gasteiger partial charge in [0.25, 0.3) is 0 Å². The zero-order valence-electron chi connectivity index (χ0n) is 9.81. The molecule has 16 heavy (non-hydrogen) atoms. The third-order valence-corrected chi connectivity index (χ3v) is 3.93. The van der Waals surface area contributed by atoms with Crippen LogP contribution in [0.5, 0.6) is 0 Å². The molecule has 1 unspecified atom stereocenters. The van der Waals surface area contributed by atoms with Crippen molar-refractivity contribution < 1.29 is 17.9 Å². The molecular weight excluding hydrogens is 230 g/mol. The first-order chi connectivity index (χ1) is 7.46. The predicted molar refractivity (Wildman–Crippen MR) is 60.4 cm³/mol. The van der Waals surface area contributed by atoms with E-state index in [0.29, 0.717) is 19.6 Å². The first kappa shape index (κ1) is 13.4. The Morgan fingerprint density at radius 1 is 1.50 bits per heavy atom. The number of carbonyl (C=O) groups excluding carboxylic acids is 1. The van der Waals surface area contributed by atoms with E-state index in [1.807, 2.05) is 6.92 Å². The molecule has 0 aromatic heterocycles. The molecule has 0 saturated carbocycles. The molecule has 0 aliphatic carbocycles. The maximum absolute atomic E-state index is 11.6. The summed E-state index contributed by atoms with van der Waals surface area (Å²) in [6.45, 7) is 2.81. The van der Waals surface area contributed by atoms with Crippen molar-refractivity contribution in [1.82, 2.24) is 4.31 Å². The number of ether oxygens (including phenoxy) is 1. The molecule has 94 valence electrons. The van der Waals surface area contributed by atoms with Gasteiger partial charge in [-0.1, -0.05) is 13.3 Å². The lowest BCUT2D eigenvalue weighted by Gasteiger charge is -2.20. The number of hydrogen-bond donors (Lipinski definition) is 0. The smallest absolute Gasteiger partial charge is 0.324 e. The molecule has 0 bridgehead atoms. The topological polar surface area (TPSA) is 63.7 Å². The van der Waals surface area contributed by atoms with Crippen molar-refractivity contribution in [2.75, 3.05) is 19.4 Å². The minimum atomic E-state index is -3.29. The van der Waals surface area contributed by atoms with Gasteiger partial charge < -0.3 is 4.74 Å². The Kier molecular flexibility index (Phi) is 4.73. The van der Waals surface area contributed by atoms with Crippen LogP contribution >= 0.6 is 0 Å². The summed E-state index contributed by atoms with van der Waals surface area (Å²) >= 11 is 0. The van der Waals surface area contributed by atoms with E-state index >= 15 is 0 Å². The van der Waals surface area contributed by atoms with E-state index < -0.39 is 22.0 Å². The molecule has 1 aliphatic heterocycles. The average molecular weight is 249 g/mol. The standard InChI is InChI=1S/C10H19NO4S/c1-3-4-8-15-10(12)9-6-5-7-11(9)16(2,13)14/h9H,3-8H2,1-2H3. The van der Waals surface area contributed by atoms with Gasteiger partial charge in [-0.15, -0.1) is 0 Å². The molecule has 6 heteroatoms. The molecule has 1 atom stereocenters. The van der Waals surface area contributed by atoms with Gasteiger partial charge in [0.15, 0.2) is 0 Å². The van der Waals surface area contributed by atoms with Gasteiger partial charge in [0.1, 0.15) is 6.04 Å². The Bertz CT molecular complexity index is 339. The first-order valence-corrected chi connectivity index (χ1v) is 7.45. The highest BCUT2D eigenvalue weighted by molar-refractivity contribution is 7.88. The van der Waals surface area contributed by atoms with Gasteiger partial charge in [0.2, 0.25) is 10.0 Å². The predicted octanol–water partition coefficient (Wildman–Crippen LogP) is 0.754. The molecule has 0 N–H and O–H groups in total. The summed E-state index contributed by atoms with van der Waals surface area (Å²) in [5.74, 6) is -0.406. The Labute approximate surface area is 96.8 Å². The van der Waals surface area contributed by atoms with Crippen molar-refractivity contribution in [3.05, 3.63) is 0 Å². The maximum atomic E-state index is 11.6. The molecule has 0 radical (unpaired) electrons. The van der Waals surface area contributed by atoms with E-state index in [1.54, 1.807) is 0 Å². The highest BCUT2D eigenvalue weighted by Gasteiger charge is 2.37. The normalized spacial score (nSPS) is 22.2. The van der Waals surface area contributed by atoms with E-state index in [2.05, 4.69) is 0 Å². The van der Waals surface area contributed by atoms with Crippen molar-refractivity contribution in [3.8, 4) is 0 Å². The van der Waals surface area contributed by atoms with E-state index in [9.17, 15) is 13.2 Å². The summed E-state index contributed by atoms with van der Waals surface area (Å²) in [7, 11) is -3.29. The summed E-state index contributed by atoms with van der Waals surface area (Å²) in [4.78, 5) is 11.6. The van der Waals surface area contributed by atoms with Crippen LogP contribution < -0.4 is 0 Å². The van der Waals surface area contributed by atoms with E-state index in [0.717, 1.165) is 25.5 Å². The van der Waals surface area contributed by atoms with Crippen LogP contribution in [0, 0.1) is 0 Å². The molecule has 1 saturated heterocycles. The highest BCUT2D eigenvalue weighted by atomic mass is 32.2. The summed E-state index contributed by atoms with van der Waals surface area (Å²) in [5, 5.41) is 0. The third kappa shape index (κ3) is 3.45. The zero-order valence-corrected chi connectivity index (χ0v) is 10.6. The summed E-state index contributed by atoms with van der Waals surface area (Å²) in [6, 6.07) is -0.605. The number of hydrogen-bond acceptors (Lipinski definition) is 4. The molecule has 1 rings (SSSR count). The summed E-state index contributed by atoms with van der Waals surface area (Å²) < 4.78 is 29.1. The third-order valence-electron chi connectivity index (χ3n) is 2.64. The first-order valence-electron chi connectivity index (χ1n) is 5.60. The van der Waals surface area contributed by atoms with Gasteiger partial charge in [0.05, 0.1) is 12.9 Å². The van der Waals surface area contributed by atoms with Crippen LogP contribution in [0.15, 0.2) is 0 Å². The second-order valence-corrected chi connectivity index (χ2v) is 5.99. The number of carbonyl (C=O) groups is 1. The Morgan fingerprint density at radius 2 is 2.19 bits per heavy atom. The largest absolute Gasteiger partial charge is 0.464 e. The zero-order chi connectivity index (χ0) is 12.2. The molecule has 5 nitrogen and oxygen atoms in total. The van der Waals surface area contributed by atoms with Gasteiger partial charge in [-0.05, 0) is 19.3 Å². The van der Waals surface area contributed by atoms with Gasteiger partial charge in [0, 0.05) is 6.54 Å². The van der Waals surface area contributed by atoms with E-state index in [1.165, 1.54) is 4.31 Å². The Balaban J connectivity index is 2.55. The van der Waals surface area contributed by atoms with Gasteiger partial charge >= 0.3 is 5.97 Å². The van der Waals surface area contributed by atoms with Crippen LogP contribution in [-0.2, 0) is 19.6 Å². The fourth-order valence-electron chi connectivity index (χ4n) is 1.79. The lowest BCUT2D eigenvalue weighted by atomic mass is 10.2. The lowest BCUT2D eigenvalue weighted by Crippen LogP contribution is -2.40.